The minimum absolute atomic E-state index is 0.00678. The van der Waals surface area contributed by atoms with E-state index in [1.54, 1.807) is 10.7 Å². The number of aliphatic imine (C=N–C) groups is 1. The molecule has 7 nitrogen and oxygen atoms in total. The molecule has 0 spiro atoms. The second-order valence-electron chi connectivity index (χ2n) is 7.06. The van der Waals surface area contributed by atoms with E-state index in [1.807, 2.05) is 18.2 Å². The second kappa shape index (κ2) is 7.01. The smallest absolute Gasteiger partial charge is 0.260 e. The highest BCUT2D eigenvalue weighted by Crippen LogP contribution is 2.32. The standard InChI is InChI=1S/C18H20ClN4O3/c1-23(2,3)8-9-26-18-17(14-6-4-5-7-22(14)21-18)20-13-10-12(19)15(24)11-16(13)25/h4-7,10H,8-9,11H2,1-3H3/q+1. The average molecular weight is 376 g/mol. The molecule has 26 heavy (non-hydrogen) atoms. The maximum Gasteiger partial charge on any atom is 0.260 e. The molecule has 136 valence electrons. The van der Waals surface area contributed by atoms with Gasteiger partial charge in [-0.05, 0) is 18.2 Å². The van der Waals surface area contributed by atoms with Crippen LogP contribution < -0.4 is 4.74 Å². The van der Waals surface area contributed by atoms with Gasteiger partial charge in [0.25, 0.3) is 5.88 Å². The van der Waals surface area contributed by atoms with Crippen LogP contribution in [0.3, 0.4) is 0 Å². The van der Waals surface area contributed by atoms with Crippen molar-refractivity contribution in [3.05, 3.63) is 35.5 Å². The highest BCUT2D eigenvalue weighted by Gasteiger charge is 2.25. The van der Waals surface area contributed by atoms with E-state index in [2.05, 4.69) is 31.2 Å². The molecule has 1 aliphatic rings. The van der Waals surface area contributed by atoms with E-state index in [0.29, 0.717) is 23.7 Å². The van der Waals surface area contributed by atoms with Crippen LogP contribution in [0.15, 0.2) is 40.5 Å². The number of hydrogen-bond donors (Lipinski definition) is 0. The Balaban J connectivity index is 2.01. The monoisotopic (exact) mass is 375 g/mol. The maximum atomic E-state index is 12.1. The number of pyridine rings is 1. The molecule has 0 aromatic carbocycles. The van der Waals surface area contributed by atoms with Gasteiger partial charge >= 0.3 is 0 Å². The number of halogens is 1. The lowest BCUT2D eigenvalue weighted by molar-refractivity contribution is -0.870. The average Bonchev–Trinajstić information content (AvgIpc) is 2.89. The molecule has 0 radical (unpaired) electrons. The van der Waals surface area contributed by atoms with Crippen LogP contribution >= 0.6 is 11.6 Å². The summed E-state index contributed by atoms with van der Waals surface area (Å²) < 4.78 is 8.23. The summed E-state index contributed by atoms with van der Waals surface area (Å²) in [6, 6.07) is 5.53. The molecule has 0 saturated heterocycles. The minimum Gasteiger partial charge on any atom is -0.469 e. The molecule has 0 saturated carbocycles. The van der Waals surface area contributed by atoms with E-state index in [4.69, 9.17) is 16.3 Å². The van der Waals surface area contributed by atoms with Gasteiger partial charge in [0, 0.05) is 6.20 Å². The van der Waals surface area contributed by atoms with E-state index < -0.39 is 5.78 Å². The summed E-state index contributed by atoms with van der Waals surface area (Å²) in [6.07, 6.45) is 2.81. The topological polar surface area (TPSA) is 73.0 Å². The van der Waals surface area contributed by atoms with Crippen LogP contribution in [0.4, 0.5) is 5.69 Å². The zero-order valence-electron chi connectivity index (χ0n) is 14.9. The molecule has 2 aromatic rings. The van der Waals surface area contributed by atoms with Gasteiger partial charge in [-0.3, -0.25) is 9.59 Å². The molecule has 0 amide bonds. The van der Waals surface area contributed by atoms with Crippen LogP contribution in [0.25, 0.3) is 5.52 Å². The zero-order chi connectivity index (χ0) is 18.9. The van der Waals surface area contributed by atoms with Gasteiger partial charge < -0.3 is 9.22 Å². The second-order valence-corrected chi connectivity index (χ2v) is 7.47. The summed E-state index contributed by atoms with van der Waals surface area (Å²) >= 11 is 5.88. The Hall–Kier alpha value is -2.51. The van der Waals surface area contributed by atoms with Crippen LogP contribution in [-0.2, 0) is 9.59 Å². The molecule has 0 fully saturated rings. The minimum atomic E-state index is -0.394. The number of ether oxygens (including phenoxy) is 1. The Morgan fingerprint density at radius 3 is 2.77 bits per heavy atom. The fourth-order valence-electron chi connectivity index (χ4n) is 2.40. The first-order valence-corrected chi connectivity index (χ1v) is 8.55. The van der Waals surface area contributed by atoms with E-state index in [9.17, 15) is 9.59 Å². The van der Waals surface area contributed by atoms with Gasteiger partial charge in [0.1, 0.15) is 18.9 Å². The lowest BCUT2D eigenvalue weighted by Gasteiger charge is -2.23. The van der Waals surface area contributed by atoms with Crippen molar-refractivity contribution in [2.24, 2.45) is 4.99 Å². The highest BCUT2D eigenvalue weighted by atomic mass is 35.5. The van der Waals surface area contributed by atoms with Crippen LogP contribution in [-0.4, -0.2) is 65.7 Å². The molecule has 0 aliphatic heterocycles. The summed E-state index contributed by atoms with van der Waals surface area (Å²) in [5.74, 6) is -0.423. The van der Waals surface area contributed by atoms with Gasteiger partial charge in [-0.1, -0.05) is 17.7 Å². The zero-order valence-corrected chi connectivity index (χ0v) is 15.7. The van der Waals surface area contributed by atoms with Gasteiger partial charge in [-0.2, -0.15) is 0 Å². The van der Waals surface area contributed by atoms with Crippen molar-refractivity contribution in [3.8, 4) is 5.88 Å². The van der Waals surface area contributed by atoms with Gasteiger partial charge in [-0.15, -0.1) is 5.10 Å². The number of rotatable bonds is 5. The molecular formula is C18H20ClN4O3+. The first-order valence-electron chi connectivity index (χ1n) is 8.17. The third kappa shape index (κ3) is 4.00. The van der Waals surface area contributed by atoms with Gasteiger partial charge in [-0.25, -0.2) is 9.51 Å². The van der Waals surface area contributed by atoms with Crippen molar-refractivity contribution in [3.63, 3.8) is 0 Å². The molecule has 0 N–H and O–H groups in total. The molecule has 3 rings (SSSR count). The number of fused-ring (bicyclic) bond motifs is 1. The van der Waals surface area contributed by atoms with Crippen molar-refractivity contribution in [1.82, 2.24) is 9.61 Å². The number of likely N-dealkylation sites (N-methyl/N-ethyl adjacent to an activating group) is 1. The number of ketones is 2. The molecule has 2 heterocycles. The fourth-order valence-corrected chi connectivity index (χ4v) is 2.57. The van der Waals surface area contributed by atoms with Crippen molar-refractivity contribution in [1.29, 1.82) is 0 Å². The largest absolute Gasteiger partial charge is 0.469 e. The third-order valence-corrected chi connectivity index (χ3v) is 4.17. The molecule has 0 unspecified atom stereocenters. The van der Waals surface area contributed by atoms with Crippen LogP contribution in [0.1, 0.15) is 6.42 Å². The number of Topliss-reactive ketones (excluding diaryl/α,β-unsaturated/α-hetero) is 2. The number of quaternary nitrogens is 1. The van der Waals surface area contributed by atoms with Crippen LogP contribution in [0, 0.1) is 0 Å². The van der Waals surface area contributed by atoms with Crippen molar-refractivity contribution < 1.29 is 18.8 Å². The predicted molar refractivity (Wildman–Crippen MR) is 99.2 cm³/mol. The number of allylic oxidation sites excluding steroid dienone is 2. The Morgan fingerprint density at radius 1 is 1.27 bits per heavy atom. The Kier molecular flexibility index (Phi) is 4.93. The van der Waals surface area contributed by atoms with Crippen LogP contribution in [0.2, 0.25) is 0 Å². The molecule has 2 aromatic heterocycles. The summed E-state index contributed by atoms with van der Waals surface area (Å²) in [7, 11) is 6.20. The summed E-state index contributed by atoms with van der Waals surface area (Å²) in [5, 5.41) is 4.41. The number of carbonyl (C=O) groups is 2. The molecule has 0 atom stereocenters. The van der Waals surface area contributed by atoms with Crippen molar-refractivity contribution >= 4 is 40.1 Å². The number of aromatic nitrogens is 2. The molecule has 0 bridgehead atoms. The molecule has 1 aliphatic carbocycles. The summed E-state index contributed by atoms with van der Waals surface area (Å²) in [5.41, 5.74) is 1.28. The lowest BCUT2D eigenvalue weighted by atomic mass is 10.0. The highest BCUT2D eigenvalue weighted by molar-refractivity contribution is 6.57. The Labute approximate surface area is 156 Å². The SMILES string of the molecule is C[N+](C)(C)CCOc1nn2ccccc2c1N=C1C=C(Cl)C(=O)CC1=O. The lowest BCUT2D eigenvalue weighted by Crippen LogP contribution is -2.38. The van der Waals surface area contributed by atoms with E-state index >= 15 is 0 Å². The van der Waals surface area contributed by atoms with E-state index in [-0.39, 0.29) is 22.9 Å². The number of nitrogens with zero attached hydrogens (tertiary/aromatic N) is 4. The maximum absolute atomic E-state index is 12.1. The van der Waals surface area contributed by atoms with Crippen LogP contribution in [0.5, 0.6) is 5.88 Å². The van der Waals surface area contributed by atoms with Crippen molar-refractivity contribution in [2.45, 2.75) is 6.42 Å². The van der Waals surface area contributed by atoms with E-state index in [1.165, 1.54) is 6.08 Å². The van der Waals surface area contributed by atoms with Gasteiger partial charge in [0.05, 0.1) is 38.1 Å². The quantitative estimate of drug-likeness (QED) is 0.593. The fraction of sp³-hybridized carbons (Fsp3) is 0.333. The summed E-state index contributed by atoms with van der Waals surface area (Å²) in [6.45, 7) is 1.23. The number of carbonyl (C=O) groups excluding carboxylic acids is 2. The number of hydrogen-bond acceptors (Lipinski definition) is 5. The first-order chi connectivity index (χ1) is 12.2. The molecular weight excluding hydrogens is 356 g/mol. The van der Waals surface area contributed by atoms with Gasteiger partial charge in [0.15, 0.2) is 17.3 Å². The molecule has 8 heteroatoms. The van der Waals surface area contributed by atoms with E-state index in [0.717, 1.165) is 11.0 Å². The predicted octanol–water partition coefficient (Wildman–Crippen LogP) is 2.16. The summed E-state index contributed by atoms with van der Waals surface area (Å²) in [4.78, 5) is 28.1. The Bertz CT molecular complexity index is 938. The first kappa shape index (κ1) is 18.3. The van der Waals surface area contributed by atoms with Crippen molar-refractivity contribution in [2.75, 3.05) is 34.3 Å². The van der Waals surface area contributed by atoms with Gasteiger partial charge in [0.2, 0.25) is 0 Å². The Morgan fingerprint density at radius 2 is 2.04 bits per heavy atom. The normalized spacial score (nSPS) is 17.1. The third-order valence-electron chi connectivity index (χ3n) is 3.85.